The summed E-state index contributed by atoms with van der Waals surface area (Å²) >= 11 is 0. The number of rotatable bonds is 6. The Morgan fingerprint density at radius 3 is 2.62 bits per heavy atom. The highest BCUT2D eigenvalue weighted by molar-refractivity contribution is 4.75. The van der Waals surface area contributed by atoms with Crippen LogP contribution in [-0.2, 0) is 4.74 Å². The first-order chi connectivity index (χ1) is 7.67. The first kappa shape index (κ1) is 13.9. The van der Waals surface area contributed by atoms with Crippen LogP contribution in [0.1, 0.15) is 33.6 Å². The maximum Gasteiger partial charge on any atom is 0.0826 e. The molecule has 1 aliphatic rings. The summed E-state index contributed by atoms with van der Waals surface area (Å²) in [5.41, 5.74) is 0. The van der Waals surface area contributed by atoms with Crippen LogP contribution in [0.2, 0.25) is 0 Å². The van der Waals surface area contributed by atoms with Crippen molar-refractivity contribution < 1.29 is 4.74 Å². The van der Waals surface area contributed by atoms with Gasteiger partial charge < -0.3 is 15.0 Å². The van der Waals surface area contributed by atoms with Crippen LogP contribution < -0.4 is 5.32 Å². The molecule has 1 N–H and O–H groups in total. The quantitative estimate of drug-likeness (QED) is 0.749. The molecule has 0 aromatic heterocycles. The molecule has 3 nitrogen and oxygen atoms in total. The molecule has 1 rings (SSSR count). The number of ether oxygens (including phenoxy) is 1. The molecule has 0 aromatic carbocycles. The molecular weight excluding hydrogens is 200 g/mol. The van der Waals surface area contributed by atoms with Crippen molar-refractivity contribution in [2.45, 2.75) is 45.8 Å². The fourth-order valence-corrected chi connectivity index (χ4v) is 2.47. The van der Waals surface area contributed by atoms with Crippen LogP contribution in [0.5, 0.6) is 0 Å². The summed E-state index contributed by atoms with van der Waals surface area (Å²) < 4.78 is 5.74. The van der Waals surface area contributed by atoms with Crippen molar-refractivity contribution in [3.8, 4) is 0 Å². The summed E-state index contributed by atoms with van der Waals surface area (Å²) in [5, 5.41) is 3.62. The van der Waals surface area contributed by atoms with Crippen molar-refractivity contribution in [3.05, 3.63) is 0 Å². The van der Waals surface area contributed by atoms with Crippen molar-refractivity contribution in [2.75, 3.05) is 33.3 Å². The van der Waals surface area contributed by atoms with Gasteiger partial charge in [0.05, 0.1) is 12.7 Å². The Morgan fingerprint density at radius 2 is 2.06 bits per heavy atom. The van der Waals surface area contributed by atoms with Crippen molar-refractivity contribution in [3.63, 3.8) is 0 Å². The molecule has 1 fully saturated rings. The molecule has 2 unspecified atom stereocenters. The van der Waals surface area contributed by atoms with Crippen LogP contribution in [0.25, 0.3) is 0 Å². The van der Waals surface area contributed by atoms with Gasteiger partial charge in [-0.1, -0.05) is 26.7 Å². The topological polar surface area (TPSA) is 24.5 Å². The summed E-state index contributed by atoms with van der Waals surface area (Å²) in [6.45, 7) is 10.8. The van der Waals surface area contributed by atoms with Gasteiger partial charge in [0.1, 0.15) is 0 Å². The highest BCUT2D eigenvalue weighted by Crippen LogP contribution is 2.13. The zero-order valence-corrected chi connectivity index (χ0v) is 11.3. The monoisotopic (exact) mass is 228 g/mol. The Labute approximate surface area is 101 Å². The van der Waals surface area contributed by atoms with Crippen molar-refractivity contribution >= 4 is 0 Å². The van der Waals surface area contributed by atoms with E-state index >= 15 is 0 Å². The van der Waals surface area contributed by atoms with E-state index in [0.717, 1.165) is 32.2 Å². The number of hydrogen-bond acceptors (Lipinski definition) is 3. The van der Waals surface area contributed by atoms with Crippen molar-refractivity contribution in [2.24, 2.45) is 5.92 Å². The normalized spacial score (nSPS) is 24.9. The fourth-order valence-electron chi connectivity index (χ4n) is 2.47. The third kappa shape index (κ3) is 4.40. The average molecular weight is 228 g/mol. The molecule has 1 saturated heterocycles. The summed E-state index contributed by atoms with van der Waals surface area (Å²) in [6, 6.07) is 0.603. The second-order valence-electron chi connectivity index (χ2n) is 5.03. The van der Waals surface area contributed by atoms with Gasteiger partial charge in [-0.2, -0.15) is 0 Å². The predicted molar refractivity (Wildman–Crippen MR) is 68.8 cm³/mol. The van der Waals surface area contributed by atoms with Gasteiger partial charge in [-0.05, 0) is 19.9 Å². The average Bonchev–Trinajstić information content (AvgIpc) is 2.28. The molecule has 1 heterocycles. The van der Waals surface area contributed by atoms with Crippen LogP contribution in [0, 0.1) is 5.92 Å². The summed E-state index contributed by atoms with van der Waals surface area (Å²) in [7, 11) is 2.17. The molecule has 1 aliphatic heterocycles. The Balaban J connectivity index is 2.22. The van der Waals surface area contributed by atoms with Gasteiger partial charge in [0.25, 0.3) is 0 Å². The van der Waals surface area contributed by atoms with E-state index in [1.807, 2.05) is 0 Å². The largest absolute Gasteiger partial charge is 0.374 e. The first-order valence-electron chi connectivity index (χ1n) is 6.70. The van der Waals surface area contributed by atoms with E-state index < -0.39 is 0 Å². The molecule has 0 spiro atoms. The third-order valence-electron chi connectivity index (χ3n) is 3.77. The third-order valence-corrected chi connectivity index (χ3v) is 3.77. The molecule has 2 atom stereocenters. The second kappa shape index (κ2) is 7.25. The van der Waals surface area contributed by atoms with E-state index in [2.05, 4.69) is 38.0 Å². The van der Waals surface area contributed by atoms with Crippen LogP contribution in [-0.4, -0.2) is 50.3 Å². The number of hydrogen-bond donors (Lipinski definition) is 1. The minimum Gasteiger partial charge on any atom is -0.374 e. The zero-order chi connectivity index (χ0) is 12.0. The van der Waals surface area contributed by atoms with E-state index in [9.17, 15) is 0 Å². The lowest BCUT2D eigenvalue weighted by Crippen LogP contribution is -2.47. The lowest BCUT2D eigenvalue weighted by atomic mass is 9.95. The molecule has 0 radical (unpaired) electrons. The Hall–Kier alpha value is -0.120. The lowest BCUT2D eigenvalue weighted by molar-refractivity contribution is -0.0198. The summed E-state index contributed by atoms with van der Waals surface area (Å²) in [6.07, 6.45) is 2.89. The fraction of sp³-hybridized carbons (Fsp3) is 1.00. The van der Waals surface area contributed by atoms with Gasteiger partial charge in [0.2, 0.25) is 0 Å². The summed E-state index contributed by atoms with van der Waals surface area (Å²) in [4.78, 5) is 2.34. The maximum absolute atomic E-state index is 5.74. The van der Waals surface area contributed by atoms with Crippen molar-refractivity contribution in [1.29, 1.82) is 0 Å². The zero-order valence-electron chi connectivity index (χ0n) is 11.3. The minimum absolute atomic E-state index is 0.371. The number of likely N-dealkylation sites (N-methyl/N-ethyl adjacent to an activating group) is 1. The van der Waals surface area contributed by atoms with Gasteiger partial charge in [0, 0.05) is 25.7 Å². The smallest absolute Gasteiger partial charge is 0.0826 e. The lowest BCUT2D eigenvalue weighted by Gasteiger charge is -2.32. The van der Waals surface area contributed by atoms with Crippen LogP contribution in [0.3, 0.4) is 0 Å². The highest BCUT2D eigenvalue weighted by atomic mass is 16.5. The SMILES string of the molecule is CCC(CC)C(C)NCC1CN(C)CCO1. The van der Waals surface area contributed by atoms with Gasteiger partial charge in [0.15, 0.2) is 0 Å². The molecule has 96 valence electrons. The van der Waals surface area contributed by atoms with Crippen LogP contribution in [0.4, 0.5) is 0 Å². The molecule has 0 saturated carbocycles. The van der Waals surface area contributed by atoms with Gasteiger partial charge in [-0.25, -0.2) is 0 Å². The van der Waals surface area contributed by atoms with E-state index in [1.165, 1.54) is 12.8 Å². The van der Waals surface area contributed by atoms with Crippen LogP contribution in [0.15, 0.2) is 0 Å². The second-order valence-corrected chi connectivity index (χ2v) is 5.03. The molecule has 0 aliphatic carbocycles. The molecule has 0 bridgehead atoms. The number of morpholine rings is 1. The van der Waals surface area contributed by atoms with E-state index in [-0.39, 0.29) is 0 Å². The maximum atomic E-state index is 5.74. The molecule has 0 amide bonds. The van der Waals surface area contributed by atoms with Crippen LogP contribution >= 0.6 is 0 Å². The van der Waals surface area contributed by atoms with E-state index in [1.54, 1.807) is 0 Å². The molecule has 3 heteroatoms. The summed E-state index contributed by atoms with van der Waals surface area (Å²) in [5.74, 6) is 0.793. The van der Waals surface area contributed by atoms with Gasteiger partial charge in [-0.15, -0.1) is 0 Å². The first-order valence-corrected chi connectivity index (χ1v) is 6.70. The van der Waals surface area contributed by atoms with E-state index in [4.69, 9.17) is 4.74 Å². The predicted octanol–water partition coefficient (Wildman–Crippen LogP) is 1.73. The molecule has 16 heavy (non-hydrogen) atoms. The van der Waals surface area contributed by atoms with Gasteiger partial charge in [-0.3, -0.25) is 0 Å². The Bertz CT molecular complexity index is 181. The Morgan fingerprint density at radius 1 is 1.38 bits per heavy atom. The Kier molecular flexibility index (Phi) is 6.32. The van der Waals surface area contributed by atoms with Crippen molar-refractivity contribution in [1.82, 2.24) is 10.2 Å². The molecular formula is C13H28N2O. The standard InChI is InChI=1S/C13H28N2O/c1-5-12(6-2)11(3)14-9-13-10-15(4)7-8-16-13/h11-14H,5-10H2,1-4H3. The highest BCUT2D eigenvalue weighted by Gasteiger charge is 2.19. The minimum atomic E-state index is 0.371. The number of nitrogens with one attached hydrogen (secondary N) is 1. The van der Waals surface area contributed by atoms with Gasteiger partial charge >= 0.3 is 0 Å². The molecule has 0 aromatic rings. The number of nitrogens with zero attached hydrogens (tertiary/aromatic N) is 1. The van der Waals surface area contributed by atoms with E-state index in [0.29, 0.717) is 12.1 Å².